The molecule has 2 saturated carbocycles. The van der Waals surface area contributed by atoms with Crippen molar-refractivity contribution in [2.45, 2.75) is 50.9 Å². The Labute approximate surface area is 195 Å². The molecule has 5 rings (SSSR count). The van der Waals surface area contributed by atoms with E-state index in [0.29, 0.717) is 24.8 Å². The van der Waals surface area contributed by atoms with Crippen molar-refractivity contribution in [3.8, 4) is 5.75 Å². The molecule has 3 fully saturated rings. The van der Waals surface area contributed by atoms with E-state index in [2.05, 4.69) is 35.2 Å². The molecule has 33 heavy (non-hydrogen) atoms. The Bertz CT molecular complexity index is 966. The average molecular weight is 452 g/mol. The van der Waals surface area contributed by atoms with Crippen molar-refractivity contribution in [2.24, 2.45) is 16.7 Å². The molecule has 1 unspecified atom stereocenters. The summed E-state index contributed by atoms with van der Waals surface area (Å²) < 4.78 is 20.2. The van der Waals surface area contributed by atoms with Gasteiger partial charge in [-0.2, -0.15) is 0 Å². The van der Waals surface area contributed by atoms with E-state index in [1.165, 1.54) is 24.5 Å². The molecule has 5 heteroatoms. The highest BCUT2D eigenvalue weighted by molar-refractivity contribution is 5.78. The van der Waals surface area contributed by atoms with Gasteiger partial charge in [0.1, 0.15) is 0 Å². The number of carboxylic acids is 1. The molecule has 2 aromatic rings. The maximum absolute atomic E-state index is 14.2. The first kappa shape index (κ1) is 22.4. The van der Waals surface area contributed by atoms with Crippen molar-refractivity contribution < 1.29 is 19.0 Å². The minimum absolute atomic E-state index is 0.0164. The van der Waals surface area contributed by atoms with Crippen molar-refractivity contribution in [2.75, 3.05) is 26.2 Å². The molecule has 1 saturated heterocycles. The number of halogens is 1. The monoisotopic (exact) mass is 451 g/mol. The summed E-state index contributed by atoms with van der Waals surface area (Å²) in [5.74, 6) is 0.755. The fourth-order valence-corrected chi connectivity index (χ4v) is 5.63. The number of piperidine rings is 1. The van der Waals surface area contributed by atoms with E-state index < -0.39 is 11.4 Å². The van der Waals surface area contributed by atoms with Crippen LogP contribution in [0.5, 0.6) is 5.75 Å². The van der Waals surface area contributed by atoms with Gasteiger partial charge >= 0.3 is 5.97 Å². The van der Waals surface area contributed by atoms with Gasteiger partial charge < -0.3 is 14.7 Å². The third-order valence-electron chi connectivity index (χ3n) is 8.32. The van der Waals surface area contributed by atoms with Crippen LogP contribution >= 0.6 is 0 Å². The Hall–Kier alpha value is -2.40. The average Bonchev–Trinajstić information content (AvgIpc) is 3.75. The molecule has 0 radical (unpaired) electrons. The molecule has 0 amide bonds. The number of likely N-dealkylation sites (tertiary alicyclic amines) is 1. The van der Waals surface area contributed by atoms with Gasteiger partial charge in [0, 0.05) is 12.0 Å². The topological polar surface area (TPSA) is 49.8 Å². The first-order chi connectivity index (χ1) is 16.0. The summed E-state index contributed by atoms with van der Waals surface area (Å²) >= 11 is 0. The quantitative estimate of drug-likeness (QED) is 0.501. The Morgan fingerprint density at radius 2 is 1.73 bits per heavy atom. The van der Waals surface area contributed by atoms with E-state index in [1.807, 2.05) is 6.07 Å². The Balaban J connectivity index is 1.21. The van der Waals surface area contributed by atoms with E-state index in [4.69, 9.17) is 4.74 Å². The zero-order valence-corrected chi connectivity index (χ0v) is 19.2. The number of carbonyl (C=O) groups is 1. The maximum atomic E-state index is 14.2. The van der Waals surface area contributed by atoms with E-state index >= 15 is 0 Å². The third kappa shape index (κ3) is 5.08. The third-order valence-corrected chi connectivity index (χ3v) is 8.32. The summed E-state index contributed by atoms with van der Waals surface area (Å²) in [6, 6.07) is 17.4. The summed E-state index contributed by atoms with van der Waals surface area (Å²) in [6.07, 6.45) is 7.03. The smallest absolute Gasteiger partial charge is 0.310 e. The summed E-state index contributed by atoms with van der Waals surface area (Å²) in [5, 5.41) is 9.56. The zero-order valence-electron chi connectivity index (χ0n) is 19.2. The van der Waals surface area contributed by atoms with Gasteiger partial charge in [0.05, 0.1) is 12.0 Å². The molecule has 0 aromatic heterocycles. The van der Waals surface area contributed by atoms with Crippen LogP contribution in [0.15, 0.2) is 54.6 Å². The van der Waals surface area contributed by atoms with Crippen molar-refractivity contribution in [1.82, 2.24) is 4.90 Å². The zero-order chi connectivity index (χ0) is 22.9. The molecule has 1 heterocycles. The van der Waals surface area contributed by atoms with Gasteiger partial charge in [0.2, 0.25) is 0 Å². The lowest BCUT2D eigenvalue weighted by atomic mass is 9.74. The highest BCUT2D eigenvalue weighted by Crippen LogP contribution is 2.53. The predicted molar refractivity (Wildman–Crippen MR) is 126 cm³/mol. The molecule has 1 aliphatic heterocycles. The van der Waals surface area contributed by atoms with Crippen molar-refractivity contribution in [1.29, 1.82) is 0 Å². The summed E-state index contributed by atoms with van der Waals surface area (Å²) in [6.45, 7) is 2.96. The van der Waals surface area contributed by atoms with Gasteiger partial charge in [-0.25, -0.2) is 4.39 Å². The number of benzene rings is 2. The molecule has 1 N–H and O–H groups in total. The largest absolute Gasteiger partial charge is 0.490 e. The molecule has 2 aromatic carbocycles. The second-order valence-electron chi connectivity index (χ2n) is 10.6. The normalized spacial score (nSPS) is 25.4. The second-order valence-corrected chi connectivity index (χ2v) is 10.6. The SMILES string of the molecule is O=C(O)C1(CN2CCC(CC[C@@H]3CC3c3ccccc3)(COc3ccccc3F)CC2)CC1. The minimum atomic E-state index is -0.650. The number of hydrogen-bond acceptors (Lipinski definition) is 3. The van der Waals surface area contributed by atoms with Gasteiger partial charge in [0.25, 0.3) is 0 Å². The maximum Gasteiger partial charge on any atom is 0.310 e. The number of para-hydroxylation sites is 1. The summed E-state index contributed by atoms with van der Waals surface area (Å²) in [4.78, 5) is 14.0. The molecule has 2 atom stereocenters. The molecule has 2 aliphatic carbocycles. The number of hydrogen-bond donors (Lipinski definition) is 1. The molecular formula is C28H34FNO3. The van der Waals surface area contributed by atoms with Gasteiger partial charge in [-0.3, -0.25) is 4.79 Å². The van der Waals surface area contributed by atoms with Crippen LogP contribution in [0.25, 0.3) is 0 Å². The van der Waals surface area contributed by atoms with Crippen molar-refractivity contribution in [3.05, 3.63) is 66.0 Å². The van der Waals surface area contributed by atoms with E-state index in [-0.39, 0.29) is 11.2 Å². The van der Waals surface area contributed by atoms with Crippen LogP contribution in [0.3, 0.4) is 0 Å². The molecular weight excluding hydrogens is 417 g/mol. The first-order valence-corrected chi connectivity index (χ1v) is 12.4. The predicted octanol–water partition coefficient (Wildman–Crippen LogP) is 5.74. The molecule has 176 valence electrons. The van der Waals surface area contributed by atoms with Crippen molar-refractivity contribution >= 4 is 5.97 Å². The molecule has 3 aliphatic rings. The Morgan fingerprint density at radius 3 is 2.39 bits per heavy atom. The van der Waals surface area contributed by atoms with Crippen LogP contribution in [0.4, 0.5) is 4.39 Å². The summed E-state index contributed by atoms with van der Waals surface area (Å²) in [5.41, 5.74) is 0.945. The van der Waals surface area contributed by atoms with Crippen LogP contribution in [-0.2, 0) is 4.79 Å². The lowest BCUT2D eigenvalue weighted by Gasteiger charge is -2.42. The fourth-order valence-electron chi connectivity index (χ4n) is 5.63. The van der Waals surface area contributed by atoms with Crippen molar-refractivity contribution in [3.63, 3.8) is 0 Å². The minimum Gasteiger partial charge on any atom is -0.490 e. The fraction of sp³-hybridized carbons (Fsp3) is 0.536. The van der Waals surface area contributed by atoms with Crippen LogP contribution < -0.4 is 4.74 Å². The van der Waals surface area contributed by atoms with Gasteiger partial charge in [0.15, 0.2) is 11.6 Å². The lowest BCUT2D eigenvalue weighted by molar-refractivity contribution is -0.144. The highest BCUT2D eigenvalue weighted by Gasteiger charge is 2.52. The first-order valence-electron chi connectivity index (χ1n) is 12.4. The second kappa shape index (κ2) is 9.09. The highest BCUT2D eigenvalue weighted by atomic mass is 19.1. The molecule has 4 nitrogen and oxygen atoms in total. The number of rotatable bonds is 10. The lowest BCUT2D eigenvalue weighted by Crippen LogP contribution is -2.46. The number of carboxylic acid groups (broad SMARTS) is 1. The van der Waals surface area contributed by atoms with Crippen LogP contribution in [0, 0.1) is 22.6 Å². The van der Waals surface area contributed by atoms with Crippen LogP contribution in [0.2, 0.25) is 0 Å². The standard InChI is InChI=1S/C28H34FNO3/c29-24-8-4-5-9-25(24)33-20-27(11-10-22-18-23(22)21-6-2-1-3-7-21)14-16-30(17-15-27)19-28(12-13-28)26(31)32/h1-9,22-23H,10-20H2,(H,31,32)/t22-,23?/m1/s1. The van der Waals surface area contributed by atoms with Gasteiger partial charge in [-0.1, -0.05) is 42.5 Å². The van der Waals surface area contributed by atoms with E-state index in [1.54, 1.807) is 12.1 Å². The Morgan fingerprint density at radius 1 is 1.03 bits per heavy atom. The molecule has 0 bridgehead atoms. The van der Waals surface area contributed by atoms with Crippen LogP contribution in [-0.4, -0.2) is 42.2 Å². The number of ether oxygens (including phenoxy) is 1. The number of aliphatic carboxylic acids is 1. The van der Waals surface area contributed by atoms with Crippen LogP contribution in [0.1, 0.15) is 56.4 Å². The van der Waals surface area contributed by atoms with E-state index in [9.17, 15) is 14.3 Å². The van der Waals surface area contributed by atoms with E-state index in [0.717, 1.165) is 51.1 Å². The van der Waals surface area contributed by atoms with Gasteiger partial charge in [-0.15, -0.1) is 0 Å². The van der Waals surface area contributed by atoms with Gasteiger partial charge in [-0.05, 0) is 87.6 Å². The summed E-state index contributed by atoms with van der Waals surface area (Å²) in [7, 11) is 0. The molecule has 0 spiro atoms. The number of nitrogens with zero attached hydrogens (tertiary/aromatic N) is 1. The Kier molecular flexibility index (Phi) is 6.17.